The second kappa shape index (κ2) is 37.1. The van der Waals surface area contributed by atoms with Crippen LogP contribution in [0.5, 0.6) is 11.5 Å². The van der Waals surface area contributed by atoms with Crippen LogP contribution in [0.2, 0.25) is 2.82 Å². The zero-order chi connectivity index (χ0) is 37.7. The first-order valence-electron chi connectivity index (χ1n) is 15.7. The Labute approximate surface area is 342 Å². The Kier molecular flexibility index (Phi) is 38.3. The van der Waals surface area contributed by atoms with Crippen molar-refractivity contribution in [3.8, 4) is 11.5 Å². The van der Waals surface area contributed by atoms with Gasteiger partial charge in [-0.2, -0.15) is 19.8 Å². The van der Waals surface area contributed by atoms with Gasteiger partial charge in [-0.3, -0.25) is 4.79 Å². The van der Waals surface area contributed by atoms with Gasteiger partial charge >= 0.3 is 0 Å². The van der Waals surface area contributed by atoms with Crippen molar-refractivity contribution >= 4 is 18.0 Å². The molecule has 3 unspecified atom stereocenters. The number of nitrogens with zero attached hydrogens (tertiary/aromatic N) is 6. The molecule has 0 saturated heterocycles. The summed E-state index contributed by atoms with van der Waals surface area (Å²) in [7, 11) is 0. The van der Waals surface area contributed by atoms with Gasteiger partial charge in [0.25, 0.3) is 0 Å². The number of fused-ring (bicyclic) bond motifs is 2. The fourth-order valence-corrected chi connectivity index (χ4v) is 2.86. The van der Waals surface area contributed by atoms with Gasteiger partial charge in [-0.15, -0.1) is 0 Å². The fraction of sp³-hybridized carbons (Fsp3) is 0.400. The first-order chi connectivity index (χ1) is 22.8. The molecule has 1 aliphatic rings. The first kappa shape index (κ1) is 49.6. The smallest absolute Gasteiger partial charge is 0.217 e. The number of hydrogen-bond acceptors (Lipinski definition) is 5. The number of azide groups is 2. The maximum Gasteiger partial charge on any atom is 0.217 e. The summed E-state index contributed by atoms with van der Waals surface area (Å²) in [6.45, 7) is 28.1. The van der Waals surface area contributed by atoms with E-state index < -0.39 is 6.04 Å². The van der Waals surface area contributed by atoms with E-state index in [9.17, 15) is 9.59 Å². The van der Waals surface area contributed by atoms with Gasteiger partial charge < -0.3 is 26.6 Å². The molecule has 48 heavy (non-hydrogen) atoms. The number of carbonyl (C=O) groups excluding carboxylic acids is 2. The van der Waals surface area contributed by atoms with E-state index in [1.54, 1.807) is 25.1 Å². The topological polar surface area (TPSA) is 165 Å². The van der Waals surface area contributed by atoms with Gasteiger partial charge in [0.15, 0.2) is 1.41 Å². The van der Waals surface area contributed by atoms with Crippen molar-refractivity contribution in [1.82, 2.24) is 10.6 Å². The van der Waals surface area contributed by atoms with E-state index in [2.05, 4.69) is 67.3 Å². The van der Waals surface area contributed by atoms with Crippen LogP contribution < -0.4 is 15.4 Å². The molecule has 3 rings (SSSR count). The third-order valence-electron chi connectivity index (χ3n) is 5.56. The van der Waals surface area contributed by atoms with Crippen molar-refractivity contribution in [3.63, 3.8) is 0 Å². The molecule has 2 aromatic rings. The molecule has 0 saturated carbocycles. The largest absolute Gasteiger partial charge is 0.528 e. The summed E-state index contributed by atoms with van der Waals surface area (Å²) in [6.07, 6.45) is 9.51. The molecule has 3 atom stereocenters. The average molecular weight is 815 g/mol. The van der Waals surface area contributed by atoms with Crippen LogP contribution in [0.1, 0.15) is 90.5 Å². The van der Waals surface area contributed by atoms with Crippen LogP contribution in [0.25, 0.3) is 20.9 Å². The van der Waals surface area contributed by atoms with Crippen molar-refractivity contribution in [3.05, 3.63) is 120 Å². The maximum atomic E-state index is 11.7. The Bertz CT molecular complexity index is 1330. The molecule has 260 valence electrons. The van der Waals surface area contributed by atoms with E-state index >= 15 is 0 Å². The summed E-state index contributed by atoms with van der Waals surface area (Å²) in [5, 5.41) is 8.72. The summed E-state index contributed by atoms with van der Waals surface area (Å²) in [6, 6.07) is 10.2. The molecule has 0 aromatic heterocycles. The van der Waals surface area contributed by atoms with Gasteiger partial charge in [-0.25, -0.2) is 39.2 Å². The van der Waals surface area contributed by atoms with Gasteiger partial charge in [0, 0.05) is 105 Å². The van der Waals surface area contributed by atoms with Crippen molar-refractivity contribution < 1.29 is 82.6 Å². The third-order valence-corrected chi connectivity index (χ3v) is 5.56. The van der Waals surface area contributed by atoms with Gasteiger partial charge in [-0.05, 0) is 61.5 Å². The molecule has 2 aromatic carbocycles. The normalized spacial score (nSPS) is 12.2. The van der Waals surface area contributed by atoms with Crippen LogP contribution in [-0.4, -0.2) is 24.4 Å². The predicted octanol–water partition coefficient (Wildman–Crippen LogP) is 10.4. The molecule has 2 amide bonds. The minimum atomic E-state index is -0.563. The Morgan fingerprint density at radius 2 is 1.58 bits per heavy atom. The molecular formula is C35H52N8O3Y2-4. The third kappa shape index (κ3) is 27.2. The standard InChI is InChI=1S/C16H14N4O2.C5H10NO.C4H9N3.C4H9.2C3H5.2Y/c1-9-3-5-12-14(7-9)22-15-8-11(19-20-17)4-6-13(15)16(12)18-10(2)21;1-3-5(2)6-4-7;1-3-4(2)6-7-5;1-3-4-2;2*1-3-2;;/h3-8,16H,1-2H3,(H,18,21);5H,3H2,1-2H3,(H,6,7);4H,3H2,1-2H3;3H,4H2,1-2H3;2*3H,1-2H2;;/q;-1;;3*-1;;/i/hT2. The van der Waals surface area contributed by atoms with E-state index in [-0.39, 0.29) is 83.4 Å². The van der Waals surface area contributed by atoms with Crippen LogP contribution in [0.4, 0.5) is 5.69 Å². The summed E-state index contributed by atoms with van der Waals surface area (Å²) >= 11 is 0. The molecule has 2 N–H and O–H groups in total. The molecule has 1 aliphatic heterocycles. The van der Waals surface area contributed by atoms with Crippen LogP contribution in [0.15, 0.2) is 71.9 Å². The Morgan fingerprint density at radius 1 is 1.08 bits per heavy atom. The number of amides is 2. The number of benzene rings is 2. The van der Waals surface area contributed by atoms with E-state index in [1.807, 2.05) is 45.9 Å². The predicted molar refractivity (Wildman–Crippen MR) is 191 cm³/mol. The molecule has 13 heteroatoms. The van der Waals surface area contributed by atoms with E-state index in [4.69, 9.17) is 18.6 Å². The summed E-state index contributed by atoms with van der Waals surface area (Å²) in [4.78, 5) is 26.8. The molecular weight excluding hydrogens is 758 g/mol. The van der Waals surface area contributed by atoms with E-state index in [0.29, 0.717) is 22.7 Å². The van der Waals surface area contributed by atoms with Crippen molar-refractivity contribution in [2.75, 3.05) is 0 Å². The number of allylic oxidation sites excluding steroid dienone is 2. The number of carbonyl (C=O) groups is 1. The van der Waals surface area contributed by atoms with Crippen molar-refractivity contribution in [2.45, 2.75) is 92.8 Å². The number of rotatable bonds is 8. The Morgan fingerprint density at radius 3 is 1.94 bits per heavy atom. The number of nitrogens with one attached hydrogen (secondary N) is 2. The SMILES string of the molecule is C=C[CH2-].C=C[CH2-].CCC(C)N=[N+]=[N-].C[CH-]CC.[3H]N(C(C)=O)C1c2ccc(C)cc2Oc2cc(N=[N+]=[N-])ccc21.[3H]N([C-]=O)C(C)CC.[Y].[Y]. The van der Waals surface area contributed by atoms with Crippen LogP contribution in [0.3, 0.4) is 0 Å². The Hall–Kier alpha value is -2.77. The first-order valence-corrected chi connectivity index (χ1v) is 14.8. The van der Waals surface area contributed by atoms with Gasteiger partial charge in [0.2, 0.25) is 5.91 Å². The Balaban J connectivity index is -0.000000207. The molecule has 2 radical (unpaired) electrons. The fourth-order valence-electron chi connectivity index (χ4n) is 2.86. The number of hydrogen-bond donors (Lipinski definition) is 2. The molecule has 0 bridgehead atoms. The van der Waals surface area contributed by atoms with Gasteiger partial charge in [0.05, 0.1) is 6.04 Å². The number of ether oxygens (including phenoxy) is 1. The minimum Gasteiger partial charge on any atom is -0.528 e. The summed E-state index contributed by atoms with van der Waals surface area (Å²) in [5.41, 5.74) is 19.3. The van der Waals surface area contributed by atoms with Gasteiger partial charge in [0.1, 0.15) is 12.9 Å². The quantitative estimate of drug-likeness (QED) is 0.0892. The second-order valence-corrected chi connectivity index (χ2v) is 9.44. The molecule has 11 nitrogen and oxygen atoms in total. The van der Waals surface area contributed by atoms with Crippen molar-refractivity contribution in [2.24, 2.45) is 10.2 Å². The van der Waals surface area contributed by atoms with Crippen LogP contribution in [0, 0.1) is 27.2 Å². The van der Waals surface area contributed by atoms with E-state index in [1.165, 1.54) is 31.9 Å². The second-order valence-electron chi connectivity index (χ2n) is 9.44. The zero-order valence-electron chi connectivity index (χ0n) is 31.8. The van der Waals surface area contributed by atoms with Gasteiger partial charge in [-0.1, -0.05) is 62.2 Å². The number of aryl methyl sites for hydroxylation is 1. The minimum absolute atomic E-state index is 0. The average Bonchev–Trinajstić information content (AvgIpc) is 3.07. The molecule has 0 fully saturated rings. The number of unbranched alkanes of at least 4 members (excludes halogenated alkanes) is 1. The van der Waals surface area contributed by atoms with Crippen LogP contribution >= 0.6 is 0 Å². The maximum absolute atomic E-state index is 11.7. The molecule has 0 aliphatic carbocycles. The molecule has 0 spiro atoms. The zero-order valence-corrected chi connectivity index (χ0v) is 35.5. The summed E-state index contributed by atoms with van der Waals surface area (Å²) < 4.78 is 20.9. The summed E-state index contributed by atoms with van der Waals surface area (Å²) in [5.74, 6) is 0.712. The van der Waals surface area contributed by atoms with Crippen molar-refractivity contribution in [1.29, 1.82) is 0 Å². The van der Waals surface area contributed by atoms with Crippen LogP contribution in [-0.2, 0) is 75.0 Å². The molecule has 1 heterocycles. The monoisotopic (exact) mass is 814 g/mol. The van der Waals surface area contributed by atoms with E-state index in [0.717, 1.165) is 34.6 Å².